The van der Waals surface area contributed by atoms with Crippen molar-refractivity contribution in [2.45, 2.75) is 6.17 Å². The Morgan fingerprint density at radius 2 is 1.90 bits per heavy atom. The number of carbonyl (C=O) groups excluding carboxylic acids is 1. The van der Waals surface area contributed by atoms with Gasteiger partial charge >= 0.3 is 0 Å². The second kappa shape index (κ2) is 6.00. The van der Waals surface area contributed by atoms with Gasteiger partial charge in [0.2, 0.25) is 0 Å². The highest BCUT2D eigenvalue weighted by Gasteiger charge is 2.13. The predicted molar refractivity (Wildman–Crippen MR) is 80.0 cm³/mol. The molecule has 0 saturated heterocycles. The van der Waals surface area contributed by atoms with E-state index in [0.29, 0.717) is 5.69 Å². The van der Waals surface area contributed by atoms with E-state index in [1.807, 2.05) is 36.6 Å². The highest BCUT2D eigenvalue weighted by molar-refractivity contribution is 5.92. The zero-order valence-electron chi connectivity index (χ0n) is 11.2. The van der Waals surface area contributed by atoms with Crippen molar-refractivity contribution in [3.63, 3.8) is 0 Å². The van der Waals surface area contributed by atoms with Gasteiger partial charge in [-0.2, -0.15) is 0 Å². The Kier molecular flexibility index (Phi) is 3.73. The van der Waals surface area contributed by atoms with Gasteiger partial charge in [0, 0.05) is 24.2 Å². The van der Waals surface area contributed by atoms with E-state index in [9.17, 15) is 4.79 Å². The third-order valence-electron chi connectivity index (χ3n) is 3.03. The largest absolute Gasteiger partial charge is 0.367 e. The number of hydrogen-bond donors (Lipinski definition) is 2. The van der Waals surface area contributed by atoms with Crippen LogP contribution in [0, 0.1) is 0 Å². The van der Waals surface area contributed by atoms with Gasteiger partial charge in [0.15, 0.2) is 0 Å². The van der Waals surface area contributed by atoms with Crippen LogP contribution in [0.3, 0.4) is 0 Å². The van der Waals surface area contributed by atoms with Gasteiger partial charge in [-0.05, 0) is 30.3 Å². The molecule has 1 atom stereocenters. The number of allylic oxidation sites excluding steroid dienone is 2. The van der Waals surface area contributed by atoms with Crippen LogP contribution < -0.4 is 10.6 Å². The minimum Gasteiger partial charge on any atom is -0.367 e. The monoisotopic (exact) mass is 278 g/mol. The summed E-state index contributed by atoms with van der Waals surface area (Å²) in [7, 11) is 0. The molecule has 104 valence electrons. The van der Waals surface area contributed by atoms with Crippen molar-refractivity contribution >= 4 is 11.5 Å². The minimum absolute atomic E-state index is 0.215. The van der Waals surface area contributed by atoms with Crippen molar-refractivity contribution in [2.75, 3.05) is 0 Å². The summed E-state index contributed by atoms with van der Waals surface area (Å²) < 4.78 is 0. The van der Waals surface area contributed by atoms with E-state index in [4.69, 9.17) is 0 Å². The van der Waals surface area contributed by atoms with Gasteiger partial charge < -0.3 is 10.6 Å². The normalized spacial score (nSPS) is 16.8. The van der Waals surface area contributed by atoms with Crippen LogP contribution in [-0.4, -0.2) is 22.0 Å². The van der Waals surface area contributed by atoms with Crippen LogP contribution in [-0.2, 0) is 0 Å². The quantitative estimate of drug-likeness (QED) is 0.897. The van der Waals surface area contributed by atoms with Crippen LogP contribution in [0.1, 0.15) is 16.2 Å². The van der Waals surface area contributed by atoms with Crippen molar-refractivity contribution in [3.8, 4) is 0 Å². The lowest BCUT2D eigenvalue weighted by molar-refractivity contribution is 0.0936. The number of pyridine rings is 2. The molecule has 1 aliphatic heterocycles. The van der Waals surface area contributed by atoms with Gasteiger partial charge in [-0.15, -0.1) is 0 Å². The fraction of sp³-hybridized carbons (Fsp3) is 0.0625. The summed E-state index contributed by atoms with van der Waals surface area (Å²) in [6, 6.07) is 11.0. The van der Waals surface area contributed by atoms with Gasteiger partial charge in [0.05, 0.1) is 5.69 Å². The van der Waals surface area contributed by atoms with Crippen molar-refractivity contribution in [2.24, 2.45) is 0 Å². The highest BCUT2D eigenvalue weighted by atomic mass is 16.2. The first-order chi connectivity index (χ1) is 10.3. The molecule has 0 saturated carbocycles. The lowest BCUT2D eigenvalue weighted by Crippen LogP contribution is -2.43. The second-order valence-corrected chi connectivity index (χ2v) is 4.51. The summed E-state index contributed by atoms with van der Waals surface area (Å²) in [5, 5.41) is 5.96. The van der Waals surface area contributed by atoms with Crippen molar-refractivity contribution in [1.29, 1.82) is 0 Å². The molecule has 1 amide bonds. The van der Waals surface area contributed by atoms with E-state index in [-0.39, 0.29) is 12.1 Å². The predicted octanol–water partition coefficient (Wildman–Crippen LogP) is 1.73. The fourth-order valence-electron chi connectivity index (χ4n) is 1.98. The molecule has 3 rings (SSSR count). The standard InChI is InChI=1S/C16H14N4O/c21-16(14-6-2-4-10-18-14)20-15-8-7-12(11-19-15)13-5-1-3-9-17-13/h1-11,15,19H,(H,20,21). The Balaban J connectivity index is 1.63. The summed E-state index contributed by atoms with van der Waals surface area (Å²) in [4.78, 5) is 20.3. The average molecular weight is 278 g/mol. The van der Waals surface area contributed by atoms with Gasteiger partial charge in [-0.3, -0.25) is 14.8 Å². The van der Waals surface area contributed by atoms with E-state index in [1.54, 1.807) is 30.6 Å². The van der Waals surface area contributed by atoms with E-state index >= 15 is 0 Å². The number of amides is 1. The smallest absolute Gasteiger partial charge is 0.271 e. The lowest BCUT2D eigenvalue weighted by atomic mass is 10.1. The highest BCUT2D eigenvalue weighted by Crippen LogP contribution is 2.14. The maximum absolute atomic E-state index is 12.0. The van der Waals surface area contributed by atoms with Crippen LogP contribution in [0.25, 0.3) is 5.57 Å². The van der Waals surface area contributed by atoms with Crippen LogP contribution in [0.2, 0.25) is 0 Å². The molecule has 1 aliphatic rings. The second-order valence-electron chi connectivity index (χ2n) is 4.51. The van der Waals surface area contributed by atoms with Crippen molar-refractivity contribution in [3.05, 3.63) is 78.5 Å². The Hall–Kier alpha value is -2.95. The molecule has 0 aromatic carbocycles. The first-order valence-electron chi connectivity index (χ1n) is 6.61. The first kappa shape index (κ1) is 13.1. The molecule has 5 nitrogen and oxygen atoms in total. The Morgan fingerprint density at radius 1 is 1.10 bits per heavy atom. The summed E-state index contributed by atoms with van der Waals surface area (Å²) in [6.07, 6.45) is 8.74. The molecule has 2 aromatic heterocycles. The van der Waals surface area contributed by atoms with E-state index in [0.717, 1.165) is 11.3 Å². The average Bonchev–Trinajstić information content (AvgIpc) is 2.57. The number of hydrogen-bond acceptors (Lipinski definition) is 4. The van der Waals surface area contributed by atoms with E-state index in [1.165, 1.54) is 0 Å². The molecule has 0 aliphatic carbocycles. The van der Waals surface area contributed by atoms with Crippen LogP contribution >= 0.6 is 0 Å². The molecule has 0 radical (unpaired) electrons. The summed E-state index contributed by atoms with van der Waals surface area (Å²) in [6.45, 7) is 0. The summed E-state index contributed by atoms with van der Waals surface area (Å²) in [5.41, 5.74) is 2.25. The van der Waals surface area contributed by atoms with Crippen LogP contribution in [0.5, 0.6) is 0 Å². The Bertz CT molecular complexity index is 680. The van der Waals surface area contributed by atoms with Gasteiger partial charge in [-0.25, -0.2) is 0 Å². The van der Waals surface area contributed by atoms with Crippen LogP contribution in [0.4, 0.5) is 0 Å². The molecule has 3 heterocycles. The van der Waals surface area contributed by atoms with Gasteiger partial charge in [0.25, 0.3) is 5.91 Å². The molecule has 2 aromatic rings. The zero-order chi connectivity index (χ0) is 14.5. The number of rotatable bonds is 3. The number of dihydropyridines is 1. The van der Waals surface area contributed by atoms with Crippen molar-refractivity contribution < 1.29 is 4.79 Å². The van der Waals surface area contributed by atoms with Crippen molar-refractivity contribution in [1.82, 2.24) is 20.6 Å². The molecular weight excluding hydrogens is 264 g/mol. The fourth-order valence-corrected chi connectivity index (χ4v) is 1.98. The zero-order valence-corrected chi connectivity index (χ0v) is 11.2. The first-order valence-corrected chi connectivity index (χ1v) is 6.61. The maximum Gasteiger partial charge on any atom is 0.271 e. The van der Waals surface area contributed by atoms with Crippen LogP contribution in [0.15, 0.2) is 67.1 Å². The molecule has 5 heteroatoms. The molecular formula is C16H14N4O. The third-order valence-corrected chi connectivity index (χ3v) is 3.03. The van der Waals surface area contributed by atoms with Gasteiger partial charge in [0.1, 0.15) is 11.9 Å². The summed E-state index contributed by atoms with van der Waals surface area (Å²) >= 11 is 0. The number of nitrogens with zero attached hydrogens (tertiary/aromatic N) is 2. The number of carbonyl (C=O) groups is 1. The summed E-state index contributed by atoms with van der Waals surface area (Å²) in [5.74, 6) is -0.215. The minimum atomic E-state index is -0.257. The molecule has 0 fully saturated rings. The molecule has 2 N–H and O–H groups in total. The Labute approximate surface area is 122 Å². The molecule has 0 bridgehead atoms. The molecule has 21 heavy (non-hydrogen) atoms. The molecule has 1 unspecified atom stereocenters. The molecule has 0 spiro atoms. The SMILES string of the molecule is O=C(NC1C=CC(c2ccccn2)=CN1)c1ccccn1. The van der Waals surface area contributed by atoms with E-state index < -0.39 is 0 Å². The maximum atomic E-state index is 12.0. The lowest BCUT2D eigenvalue weighted by Gasteiger charge is -2.19. The number of nitrogens with one attached hydrogen (secondary N) is 2. The van der Waals surface area contributed by atoms with E-state index in [2.05, 4.69) is 20.6 Å². The Morgan fingerprint density at radius 3 is 2.52 bits per heavy atom. The topological polar surface area (TPSA) is 66.9 Å². The number of aromatic nitrogens is 2. The third kappa shape index (κ3) is 3.14. The van der Waals surface area contributed by atoms with Gasteiger partial charge in [-0.1, -0.05) is 18.2 Å².